The molecule has 3 N–H and O–H groups in total. The van der Waals surface area contributed by atoms with Crippen molar-refractivity contribution in [3.8, 4) is 5.75 Å². The van der Waals surface area contributed by atoms with E-state index in [9.17, 15) is 18.3 Å². The topological polar surface area (TPSA) is 119 Å². The fourth-order valence-electron chi connectivity index (χ4n) is 8.00. The SMILES string of the molecule is CO[C@H](C1=CC[C@@H](CS(N)(=O)=O)CC1)[C@@H]1CC[C@H]1CN1C[C@@]2(CCCc3cc(Cl)ccc32)COc2ccc(C(=O)O)cc21. The molecule has 43 heavy (non-hydrogen) atoms. The van der Waals surface area contributed by atoms with Crippen LogP contribution in [0.1, 0.15) is 66.4 Å². The number of anilines is 1. The molecule has 8 nitrogen and oxygen atoms in total. The molecular weight excluding hydrogens is 588 g/mol. The summed E-state index contributed by atoms with van der Waals surface area (Å²) in [6.07, 6.45) is 9.59. The lowest BCUT2D eigenvalue weighted by molar-refractivity contribution is 0.00323. The average Bonchev–Trinajstić information content (AvgIpc) is 3.10. The number of sulfonamides is 1. The van der Waals surface area contributed by atoms with Crippen LogP contribution in [0.4, 0.5) is 5.69 Å². The minimum atomic E-state index is -3.49. The van der Waals surface area contributed by atoms with Gasteiger partial charge in [-0.05, 0) is 116 Å². The molecule has 4 aliphatic rings. The van der Waals surface area contributed by atoms with Gasteiger partial charge < -0.3 is 19.5 Å². The van der Waals surface area contributed by atoms with E-state index in [1.54, 1.807) is 25.3 Å². The molecule has 0 aromatic heterocycles. The number of carboxylic acid groups (broad SMARTS) is 1. The Morgan fingerprint density at radius 2 is 2.05 bits per heavy atom. The minimum Gasteiger partial charge on any atom is -0.490 e. The monoisotopic (exact) mass is 628 g/mol. The van der Waals surface area contributed by atoms with Crippen molar-refractivity contribution in [2.24, 2.45) is 22.9 Å². The van der Waals surface area contributed by atoms with Crippen LogP contribution in [-0.4, -0.2) is 58.2 Å². The molecule has 1 saturated carbocycles. The number of ether oxygens (including phenoxy) is 2. The van der Waals surface area contributed by atoms with E-state index in [1.807, 2.05) is 6.07 Å². The molecule has 0 unspecified atom stereocenters. The van der Waals surface area contributed by atoms with Crippen LogP contribution in [0.5, 0.6) is 5.75 Å². The first-order chi connectivity index (χ1) is 20.5. The number of aromatic carboxylic acids is 1. The maximum absolute atomic E-state index is 12.0. The van der Waals surface area contributed by atoms with Gasteiger partial charge in [-0.15, -0.1) is 0 Å². The largest absolute Gasteiger partial charge is 0.490 e. The standard InChI is InChI=1S/C33H41ClN2O6S/c1-41-31(22-6-4-21(5-7-22)18-43(35,39)40)27-11-8-25(27)17-36-19-33(14-2-3-23-15-26(34)10-12-28(23)33)20-42-30-13-9-24(32(37)38)16-29(30)36/h6,9-10,12-13,15-16,21,25,27,31H,2-5,7-8,11,14,17-20H2,1H3,(H,37,38)(H2,35,39,40)/t21-,25+,27-,31-,33+/m1/s1. The Hall–Kier alpha value is -2.59. The summed E-state index contributed by atoms with van der Waals surface area (Å²) in [4.78, 5) is 14.4. The number of carboxylic acids is 1. The fraction of sp³-hybridized carbons (Fsp3) is 0.545. The molecule has 0 amide bonds. The second-order valence-electron chi connectivity index (χ2n) is 13.0. The number of fused-ring (bicyclic) bond motifs is 3. The Kier molecular flexibility index (Phi) is 8.54. The first-order valence-corrected chi connectivity index (χ1v) is 17.4. The number of hydrogen-bond donors (Lipinski definition) is 2. The number of carbonyl (C=O) groups is 1. The lowest BCUT2D eigenvalue weighted by atomic mass is 9.66. The van der Waals surface area contributed by atoms with Crippen molar-refractivity contribution in [1.29, 1.82) is 0 Å². The van der Waals surface area contributed by atoms with E-state index >= 15 is 0 Å². The first kappa shape index (κ1) is 30.4. The number of rotatable bonds is 8. The van der Waals surface area contributed by atoms with E-state index in [2.05, 4.69) is 23.1 Å². The molecule has 2 aromatic carbocycles. The summed E-state index contributed by atoms with van der Waals surface area (Å²) in [6.45, 7) is 2.03. The molecule has 1 spiro atoms. The molecular formula is C33H41ClN2O6S. The molecule has 0 bridgehead atoms. The molecule has 3 aliphatic carbocycles. The Balaban J connectivity index is 1.28. The van der Waals surface area contributed by atoms with Gasteiger partial charge in [0.25, 0.3) is 0 Å². The molecule has 0 saturated heterocycles. The Morgan fingerprint density at radius 3 is 2.72 bits per heavy atom. The second-order valence-corrected chi connectivity index (χ2v) is 15.1. The maximum Gasteiger partial charge on any atom is 0.335 e. The highest BCUT2D eigenvalue weighted by molar-refractivity contribution is 7.89. The second kappa shape index (κ2) is 12.1. The predicted molar refractivity (Wildman–Crippen MR) is 168 cm³/mol. The van der Waals surface area contributed by atoms with Crippen molar-refractivity contribution in [1.82, 2.24) is 0 Å². The molecule has 2 aromatic rings. The quantitative estimate of drug-likeness (QED) is 0.367. The number of hydrogen-bond acceptors (Lipinski definition) is 6. The Labute approximate surface area is 259 Å². The zero-order valence-corrected chi connectivity index (χ0v) is 26.2. The van der Waals surface area contributed by atoms with E-state index in [0.29, 0.717) is 24.9 Å². The van der Waals surface area contributed by atoms with Crippen molar-refractivity contribution in [3.63, 3.8) is 0 Å². The molecule has 5 atom stereocenters. The zero-order chi connectivity index (χ0) is 30.4. The molecule has 1 aliphatic heterocycles. The van der Waals surface area contributed by atoms with E-state index in [0.717, 1.165) is 74.5 Å². The van der Waals surface area contributed by atoms with Gasteiger partial charge in [-0.25, -0.2) is 18.4 Å². The third-order valence-electron chi connectivity index (χ3n) is 10.2. The van der Waals surface area contributed by atoms with Gasteiger partial charge in [0.2, 0.25) is 10.0 Å². The minimum absolute atomic E-state index is 0.0197. The number of nitrogens with two attached hydrogens (primary N) is 1. The number of primary sulfonamides is 1. The lowest BCUT2D eigenvalue weighted by Gasteiger charge is -2.47. The normalized spacial score (nSPS) is 27.7. The van der Waals surface area contributed by atoms with Gasteiger partial charge in [0.1, 0.15) is 5.75 Å². The third kappa shape index (κ3) is 6.32. The van der Waals surface area contributed by atoms with Crippen molar-refractivity contribution < 1.29 is 27.8 Å². The molecule has 0 radical (unpaired) electrons. The molecule has 232 valence electrons. The van der Waals surface area contributed by atoms with Gasteiger partial charge in [0.15, 0.2) is 0 Å². The van der Waals surface area contributed by atoms with Crippen LogP contribution in [0.2, 0.25) is 5.02 Å². The number of aryl methyl sites for hydroxylation is 1. The number of allylic oxidation sites excluding steroid dienone is 1. The molecule has 1 heterocycles. The Bertz CT molecular complexity index is 1530. The van der Waals surface area contributed by atoms with Crippen LogP contribution in [0, 0.1) is 17.8 Å². The summed E-state index contributed by atoms with van der Waals surface area (Å²) in [5, 5.41) is 15.9. The zero-order valence-electron chi connectivity index (χ0n) is 24.6. The van der Waals surface area contributed by atoms with E-state index < -0.39 is 16.0 Å². The van der Waals surface area contributed by atoms with Crippen LogP contribution in [0.3, 0.4) is 0 Å². The third-order valence-corrected chi connectivity index (χ3v) is 11.4. The van der Waals surface area contributed by atoms with Gasteiger partial charge in [-0.2, -0.15) is 0 Å². The number of nitrogens with zero attached hydrogens (tertiary/aromatic N) is 1. The average molecular weight is 629 g/mol. The maximum atomic E-state index is 12.0. The lowest BCUT2D eigenvalue weighted by Crippen LogP contribution is -2.50. The molecule has 1 fully saturated rings. The highest BCUT2D eigenvalue weighted by atomic mass is 35.5. The van der Waals surface area contributed by atoms with Crippen molar-refractivity contribution in [2.75, 3.05) is 37.5 Å². The molecule has 6 rings (SSSR count). The Morgan fingerprint density at radius 1 is 1.21 bits per heavy atom. The van der Waals surface area contributed by atoms with Gasteiger partial charge >= 0.3 is 5.97 Å². The van der Waals surface area contributed by atoms with Crippen molar-refractivity contribution >= 4 is 33.3 Å². The predicted octanol–water partition coefficient (Wildman–Crippen LogP) is 5.57. The van der Waals surface area contributed by atoms with E-state index in [-0.39, 0.29) is 28.8 Å². The van der Waals surface area contributed by atoms with Crippen LogP contribution >= 0.6 is 11.6 Å². The number of methoxy groups -OCH3 is 1. The van der Waals surface area contributed by atoms with E-state index in [4.69, 9.17) is 26.2 Å². The highest BCUT2D eigenvalue weighted by Gasteiger charge is 2.45. The van der Waals surface area contributed by atoms with Crippen LogP contribution in [0.25, 0.3) is 0 Å². The van der Waals surface area contributed by atoms with Gasteiger partial charge in [0, 0.05) is 30.6 Å². The van der Waals surface area contributed by atoms with Crippen LogP contribution in [0.15, 0.2) is 48.0 Å². The summed E-state index contributed by atoms with van der Waals surface area (Å²) >= 11 is 6.39. The van der Waals surface area contributed by atoms with Gasteiger partial charge in [-0.1, -0.05) is 23.7 Å². The summed E-state index contributed by atoms with van der Waals surface area (Å²) in [6, 6.07) is 11.4. The number of benzene rings is 2. The fourth-order valence-corrected chi connectivity index (χ4v) is 9.15. The van der Waals surface area contributed by atoms with Crippen molar-refractivity contribution in [3.05, 3.63) is 69.8 Å². The summed E-state index contributed by atoms with van der Waals surface area (Å²) < 4.78 is 35.9. The smallest absolute Gasteiger partial charge is 0.335 e. The van der Waals surface area contributed by atoms with Gasteiger partial charge in [-0.3, -0.25) is 0 Å². The van der Waals surface area contributed by atoms with Crippen LogP contribution < -0.4 is 14.8 Å². The first-order valence-electron chi connectivity index (χ1n) is 15.3. The molecule has 10 heteroatoms. The number of halogens is 1. The summed E-state index contributed by atoms with van der Waals surface area (Å²) in [5.74, 6) is 0.525. The van der Waals surface area contributed by atoms with Gasteiger partial charge in [0.05, 0.1) is 29.7 Å². The van der Waals surface area contributed by atoms with E-state index in [1.165, 1.54) is 16.7 Å². The summed E-state index contributed by atoms with van der Waals surface area (Å²) in [5.41, 5.74) is 4.65. The van der Waals surface area contributed by atoms with Crippen LogP contribution in [-0.2, 0) is 26.6 Å². The highest BCUT2D eigenvalue weighted by Crippen LogP contribution is 2.48. The summed E-state index contributed by atoms with van der Waals surface area (Å²) in [7, 11) is -1.72. The van der Waals surface area contributed by atoms with Crippen molar-refractivity contribution in [2.45, 2.75) is 62.9 Å².